The van der Waals surface area contributed by atoms with Crippen LogP contribution >= 0.6 is 11.6 Å². The highest BCUT2D eigenvalue weighted by atomic mass is 35.5. The molecule has 0 radical (unpaired) electrons. The van der Waals surface area contributed by atoms with Crippen LogP contribution in [0.25, 0.3) is 0 Å². The summed E-state index contributed by atoms with van der Waals surface area (Å²) in [6, 6.07) is 4.30. The van der Waals surface area contributed by atoms with Gasteiger partial charge in [0.15, 0.2) is 0 Å². The first-order chi connectivity index (χ1) is 7.06. The Morgan fingerprint density at radius 2 is 2.27 bits per heavy atom. The average Bonchev–Trinajstić information content (AvgIpc) is 2.20. The summed E-state index contributed by atoms with van der Waals surface area (Å²) in [5.41, 5.74) is 0.177. The van der Waals surface area contributed by atoms with Crippen LogP contribution in [0.4, 0.5) is 5.69 Å². The normalized spacial score (nSPS) is 9.73. The van der Waals surface area contributed by atoms with Crippen molar-refractivity contribution in [3.8, 4) is 0 Å². The Hall–Kier alpha value is -1.62. The third-order valence-corrected chi connectivity index (χ3v) is 2.25. The van der Waals surface area contributed by atoms with Crippen LogP contribution in [0.5, 0.6) is 0 Å². The van der Waals surface area contributed by atoms with Crippen LogP contribution in [-0.4, -0.2) is 18.0 Å². The highest BCUT2D eigenvalue weighted by Gasteiger charge is 2.16. The second-order valence-electron chi connectivity index (χ2n) is 2.76. The molecule has 0 unspecified atom stereocenters. The number of nitrogens with zero attached hydrogens (tertiary/aromatic N) is 1. The molecule has 0 atom stereocenters. The van der Waals surface area contributed by atoms with Gasteiger partial charge in [0.25, 0.3) is 5.69 Å². The minimum atomic E-state index is -0.594. The number of hydrogen-bond donors (Lipinski definition) is 0. The van der Waals surface area contributed by atoms with E-state index in [-0.39, 0.29) is 17.1 Å². The highest BCUT2D eigenvalue weighted by molar-refractivity contribution is 6.33. The van der Waals surface area contributed by atoms with E-state index in [9.17, 15) is 14.9 Å². The zero-order valence-electron chi connectivity index (χ0n) is 7.90. The fraction of sp³-hybridized carbons (Fsp3) is 0.222. The molecule has 5 nitrogen and oxygen atoms in total. The van der Waals surface area contributed by atoms with E-state index >= 15 is 0 Å². The maximum absolute atomic E-state index is 11.0. The second-order valence-corrected chi connectivity index (χ2v) is 3.14. The van der Waals surface area contributed by atoms with Crippen molar-refractivity contribution in [1.82, 2.24) is 0 Å². The minimum Gasteiger partial charge on any atom is -0.469 e. The molecule has 0 N–H and O–H groups in total. The molecule has 1 rings (SSSR count). The maximum Gasteiger partial charge on any atom is 0.310 e. The first-order valence-electron chi connectivity index (χ1n) is 4.05. The summed E-state index contributed by atoms with van der Waals surface area (Å²) in [4.78, 5) is 20.9. The summed E-state index contributed by atoms with van der Waals surface area (Å²) in [7, 11) is 1.24. The van der Waals surface area contributed by atoms with E-state index in [1.54, 1.807) is 6.07 Å². The quantitative estimate of drug-likeness (QED) is 0.451. The fourth-order valence-corrected chi connectivity index (χ4v) is 1.33. The topological polar surface area (TPSA) is 69.4 Å². The molecule has 15 heavy (non-hydrogen) atoms. The van der Waals surface area contributed by atoms with Gasteiger partial charge in [-0.1, -0.05) is 23.7 Å². The molecule has 0 heterocycles. The molecular weight excluding hydrogens is 222 g/mol. The van der Waals surface area contributed by atoms with Crippen molar-refractivity contribution in [2.45, 2.75) is 6.42 Å². The van der Waals surface area contributed by atoms with E-state index in [2.05, 4.69) is 4.74 Å². The SMILES string of the molecule is COC(=O)Cc1cccc([N+](=O)[O-])c1Cl. The zero-order chi connectivity index (χ0) is 11.4. The summed E-state index contributed by atoms with van der Waals surface area (Å²) >= 11 is 5.76. The van der Waals surface area contributed by atoms with Gasteiger partial charge in [-0.05, 0) is 5.56 Å². The number of carbonyl (C=O) groups excluding carboxylic acids is 1. The van der Waals surface area contributed by atoms with Crippen molar-refractivity contribution in [2.75, 3.05) is 7.11 Å². The second kappa shape index (κ2) is 4.75. The van der Waals surface area contributed by atoms with Crippen molar-refractivity contribution in [3.63, 3.8) is 0 Å². The van der Waals surface area contributed by atoms with Crippen molar-refractivity contribution in [2.24, 2.45) is 0 Å². The third kappa shape index (κ3) is 2.66. The largest absolute Gasteiger partial charge is 0.469 e. The molecule has 1 aromatic rings. The van der Waals surface area contributed by atoms with Gasteiger partial charge in [-0.25, -0.2) is 0 Å². The van der Waals surface area contributed by atoms with E-state index < -0.39 is 10.9 Å². The molecule has 0 bridgehead atoms. The van der Waals surface area contributed by atoms with Gasteiger partial charge in [-0.15, -0.1) is 0 Å². The molecule has 0 amide bonds. The Morgan fingerprint density at radius 3 is 2.80 bits per heavy atom. The summed E-state index contributed by atoms with van der Waals surface area (Å²) in [5.74, 6) is -0.489. The van der Waals surface area contributed by atoms with E-state index in [1.807, 2.05) is 0 Å². The van der Waals surface area contributed by atoms with Crippen LogP contribution in [0.3, 0.4) is 0 Å². The van der Waals surface area contributed by atoms with Crippen molar-refractivity contribution in [1.29, 1.82) is 0 Å². The lowest BCUT2D eigenvalue weighted by Crippen LogP contribution is -2.05. The van der Waals surface area contributed by atoms with Gasteiger partial charge >= 0.3 is 5.97 Å². The van der Waals surface area contributed by atoms with Crippen molar-refractivity contribution >= 4 is 23.3 Å². The predicted octanol–water partition coefficient (Wildman–Crippen LogP) is 1.96. The first kappa shape index (κ1) is 11.5. The molecule has 6 heteroatoms. The van der Waals surface area contributed by atoms with Crippen LogP contribution in [0.15, 0.2) is 18.2 Å². The molecule has 0 saturated heterocycles. The molecule has 0 aliphatic carbocycles. The predicted molar refractivity (Wildman–Crippen MR) is 53.8 cm³/mol. The number of carbonyl (C=O) groups is 1. The van der Waals surface area contributed by atoms with E-state index in [1.165, 1.54) is 19.2 Å². The molecular formula is C9H8ClNO4. The lowest BCUT2D eigenvalue weighted by Gasteiger charge is -2.02. The Morgan fingerprint density at radius 1 is 1.60 bits per heavy atom. The number of ether oxygens (including phenoxy) is 1. The van der Waals surface area contributed by atoms with Crippen LogP contribution < -0.4 is 0 Å². The van der Waals surface area contributed by atoms with Crippen molar-refractivity contribution in [3.05, 3.63) is 38.9 Å². The number of methoxy groups -OCH3 is 1. The Labute approximate surface area is 90.8 Å². The average molecular weight is 230 g/mol. The van der Waals surface area contributed by atoms with Crippen molar-refractivity contribution < 1.29 is 14.5 Å². The standard InChI is InChI=1S/C9H8ClNO4/c1-15-8(12)5-6-3-2-4-7(9(6)10)11(13)14/h2-4H,5H2,1H3. The number of nitro benzene ring substituents is 1. The molecule has 0 aliphatic heterocycles. The first-order valence-corrected chi connectivity index (χ1v) is 4.42. The highest BCUT2D eigenvalue weighted by Crippen LogP contribution is 2.27. The fourth-order valence-electron chi connectivity index (χ4n) is 1.07. The van der Waals surface area contributed by atoms with Gasteiger partial charge in [-0.3, -0.25) is 14.9 Å². The number of hydrogen-bond acceptors (Lipinski definition) is 4. The lowest BCUT2D eigenvalue weighted by molar-refractivity contribution is -0.384. The number of esters is 1. The maximum atomic E-state index is 11.0. The lowest BCUT2D eigenvalue weighted by atomic mass is 10.1. The van der Waals surface area contributed by atoms with E-state index in [0.717, 1.165) is 0 Å². The summed E-state index contributed by atoms with van der Waals surface area (Å²) in [6.45, 7) is 0. The van der Waals surface area contributed by atoms with Gasteiger partial charge in [0.2, 0.25) is 0 Å². The van der Waals surface area contributed by atoms with Gasteiger partial charge in [0.1, 0.15) is 5.02 Å². The Bertz CT molecular complexity index is 405. The molecule has 1 aromatic carbocycles. The van der Waals surface area contributed by atoms with E-state index in [0.29, 0.717) is 5.56 Å². The molecule has 0 spiro atoms. The van der Waals surface area contributed by atoms with Crippen LogP contribution in [0.1, 0.15) is 5.56 Å². The van der Waals surface area contributed by atoms with E-state index in [4.69, 9.17) is 11.6 Å². The smallest absolute Gasteiger partial charge is 0.310 e. The third-order valence-electron chi connectivity index (χ3n) is 1.82. The van der Waals surface area contributed by atoms with Gasteiger partial charge in [0, 0.05) is 6.07 Å². The number of benzene rings is 1. The number of halogens is 1. The molecule has 0 saturated carbocycles. The van der Waals surface area contributed by atoms with Gasteiger partial charge < -0.3 is 4.74 Å². The van der Waals surface area contributed by atoms with Crippen LogP contribution in [0, 0.1) is 10.1 Å². The Balaban J connectivity index is 3.04. The van der Waals surface area contributed by atoms with Crippen LogP contribution in [0.2, 0.25) is 5.02 Å². The number of rotatable bonds is 3. The zero-order valence-corrected chi connectivity index (χ0v) is 8.65. The molecule has 80 valence electrons. The summed E-state index contributed by atoms with van der Waals surface area (Å²) < 4.78 is 4.44. The monoisotopic (exact) mass is 229 g/mol. The Kier molecular flexibility index (Phi) is 3.62. The molecule has 0 fully saturated rings. The van der Waals surface area contributed by atoms with Gasteiger partial charge in [-0.2, -0.15) is 0 Å². The minimum absolute atomic E-state index is 0.0205. The van der Waals surface area contributed by atoms with Gasteiger partial charge in [0.05, 0.1) is 18.5 Å². The number of nitro groups is 1. The summed E-state index contributed by atoms with van der Waals surface area (Å²) in [6.07, 6.45) is -0.0724. The molecule has 0 aliphatic rings. The summed E-state index contributed by atoms with van der Waals surface area (Å²) in [5, 5.41) is 10.5. The molecule has 0 aromatic heterocycles. The van der Waals surface area contributed by atoms with Crippen LogP contribution in [-0.2, 0) is 16.0 Å².